The van der Waals surface area contributed by atoms with Gasteiger partial charge in [-0.05, 0) is 45.6 Å². The van der Waals surface area contributed by atoms with Crippen LogP contribution in [-0.4, -0.2) is 44.2 Å². The normalized spacial score (nSPS) is 11.2. The van der Waals surface area contributed by atoms with Gasteiger partial charge in [0.1, 0.15) is 0 Å². The van der Waals surface area contributed by atoms with E-state index in [1.165, 1.54) is 31.3 Å². The number of halogens is 2. The summed E-state index contributed by atoms with van der Waals surface area (Å²) in [4.78, 5) is 18.5. The number of rotatable bonds is 12. The molecular weight excluding hydrogens is 465 g/mol. The SMILES string of the molecule is COc1ccc2c(Nc3c(Cl)cncc3Cl)cc(=O)oc2c1OCCCCCCCN(C)C. The van der Waals surface area contributed by atoms with Crippen molar-refractivity contribution in [3.05, 3.63) is 51.1 Å². The van der Waals surface area contributed by atoms with Crippen LogP contribution in [0.1, 0.15) is 32.1 Å². The highest BCUT2D eigenvalue weighted by molar-refractivity contribution is 6.39. The van der Waals surface area contributed by atoms with Crippen molar-refractivity contribution in [2.45, 2.75) is 32.1 Å². The first-order valence-electron chi connectivity index (χ1n) is 10.9. The second-order valence-corrected chi connectivity index (χ2v) is 8.79. The molecule has 33 heavy (non-hydrogen) atoms. The second-order valence-electron chi connectivity index (χ2n) is 7.98. The molecule has 7 nitrogen and oxygen atoms in total. The molecule has 0 bridgehead atoms. The molecule has 0 unspecified atom stereocenters. The van der Waals surface area contributed by atoms with Crippen LogP contribution in [0.25, 0.3) is 11.0 Å². The first kappa shape index (κ1) is 25.1. The Balaban J connectivity index is 1.78. The van der Waals surface area contributed by atoms with Gasteiger partial charge < -0.3 is 24.1 Å². The molecule has 0 amide bonds. The van der Waals surface area contributed by atoms with E-state index in [4.69, 9.17) is 37.1 Å². The molecule has 1 aromatic carbocycles. The summed E-state index contributed by atoms with van der Waals surface area (Å²) in [5.74, 6) is 0.893. The van der Waals surface area contributed by atoms with Gasteiger partial charge in [0, 0.05) is 23.8 Å². The summed E-state index contributed by atoms with van der Waals surface area (Å²) in [6.45, 7) is 1.60. The molecule has 0 aliphatic carbocycles. The molecule has 0 saturated heterocycles. The fraction of sp³-hybridized carbons (Fsp3) is 0.417. The highest BCUT2D eigenvalue weighted by Gasteiger charge is 2.17. The third kappa shape index (κ3) is 6.76. The van der Waals surface area contributed by atoms with Crippen LogP contribution in [0.5, 0.6) is 11.5 Å². The van der Waals surface area contributed by atoms with E-state index >= 15 is 0 Å². The van der Waals surface area contributed by atoms with E-state index < -0.39 is 5.63 Å². The Morgan fingerprint density at radius 1 is 1.06 bits per heavy atom. The Labute approximate surface area is 203 Å². The number of hydrogen-bond donors (Lipinski definition) is 1. The van der Waals surface area contributed by atoms with Gasteiger partial charge in [0.15, 0.2) is 11.3 Å². The van der Waals surface area contributed by atoms with Crippen molar-refractivity contribution < 1.29 is 13.9 Å². The fourth-order valence-electron chi connectivity index (χ4n) is 3.48. The third-order valence-electron chi connectivity index (χ3n) is 5.16. The molecule has 0 atom stereocenters. The summed E-state index contributed by atoms with van der Waals surface area (Å²) < 4.78 is 17.0. The Morgan fingerprint density at radius 3 is 2.45 bits per heavy atom. The van der Waals surface area contributed by atoms with Gasteiger partial charge in [-0.15, -0.1) is 0 Å². The lowest BCUT2D eigenvalue weighted by molar-refractivity contribution is 0.282. The van der Waals surface area contributed by atoms with Gasteiger partial charge in [-0.1, -0.05) is 42.5 Å². The number of nitrogens with one attached hydrogen (secondary N) is 1. The van der Waals surface area contributed by atoms with E-state index in [2.05, 4.69) is 29.3 Å². The maximum atomic E-state index is 12.4. The summed E-state index contributed by atoms with van der Waals surface area (Å²) in [6, 6.07) is 4.92. The second kappa shape index (κ2) is 12.1. The molecule has 0 fully saturated rings. The Morgan fingerprint density at radius 2 is 1.76 bits per heavy atom. The molecule has 0 radical (unpaired) electrons. The monoisotopic (exact) mass is 493 g/mol. The van der Waals surface area contributed by atoms with Crippen molar-refractivity contribution in [2.75, 3.05) is 39.7 Å². The molecule has 3 rings (SSSR count). The number of aromatic nitrogens is 1. The average molecular weight is 494 g/mol. The number of fused-ring (bicyclic) bond motifs is 1. The van der Waals surface area contributed by atoms with E-state index in [1.54, 1.807) is 19.2 Å². The van der Waals surface area contributed by atoms with Crippen LogP contribution in [0.3, 0.4) is 0 Å². The third-order valence-corrected chi connectivity index (χ3v) is 5.73. The number of hydrogen-bond acceptors (Lipinski definition) is 7. The van der Waals surface area contributed by atoms with Gasteiger partial charge in [0.2, 0.25) is 5.75 Å². The van der Waals surface area contributed by atoms with Crippen LogP contribution in [0.15, 0.2) is 39.8 Å². The van der Waals surface area contributed by atoms with Gasteiger partial charge in [-0.25, -0.2) is 4.79 Å². The number of nitrogens with zero attached hydrogens (tertiary/aromatic N) is 2. The standard InChI is InChI=1S/C24H29Cl2N3O4/c1-29(2)11-7-5-4-6-8-12-32-24-20(31-3)10-9-16-19(13-21(30)33-23(16)24)28-22-17(25)14-27-15-18(22)26/h9-10,13-15H,4-8,11-12H2,1-3H3,(H,27,28). The Kier molecular flexibility index (Phi) is 9.23. The highest BCUT2D eigenvalue weighted by atomic mass is 35.5. The maximum absolute atomic E-state index is 12.4. The minimum atomic E-state index is -0.537. The Bertz CT molecular complexity index is 1110. The minimum Gasteiger partial charge on any atom is -0.493 e. The van der Waals surface area contributed by atoms with E-state index in [0.29, 0.717) is 50.5 Å². The quantitative estimate of drug-likeness (QED) is 0.240. The van der Waals surface area contributed by atoms with E-state index in [-0.39, 0.29) is 0 Å². The molecular formula is C24H29Cl2N3O4. The predicted octanol–water partition coefficient (Wildman–Crippen LogP) is 6.14. The van der Waals surface area contributed by atoms with E-state index in [0.717, 1.165) is 25.8 Å². The van der Waals surface area contributed by atoms with Crippen LogP contribution < -0.4 is 20.4 Å². The summed E-state index contributed by atoms with van der Waals surface area (Å²) in [5, 5.41) is 4.43. The molecule has 3 aromatic rings. The molecule has 1 N–H and O–H groups in total. The summed E-state index contributed by atoms with van der Waals surface area (Å²) >= 11 is 12.5. The molecule has 0 spiro atoms. The number of benzene rings is 1. The van der Waals surface area contributed by atoms with Gasteiger partial charge in [0.05, 0.1) is 35.1 Å². The van der Waals surface area contributed by atoms with Crippen LogP contribution in [0, 0.1) is 0 Å². The van der Waals surface area contributed by atoms with Crippen molar-refractivity contribution in [1.82, 2.24) is 9.88 Å². The van der Waals surface area contributed by atoms with Crippen LogP contribution in [-0.2, 0) is 0 Å². The highest BCUT2D eigenvalue weighted by Crippen LogP contribution is 2.40. The van der Waals surface area contributed by atoms with Crippen molar-refractivity contribution in [3.8, 4) is 11.5 Å². The first-order valence-corrected chi connectivity index (χ1v) is 11.6. The van der Waals surface area contributed by atoms with Gasteiger partial charge in [-0.2, -0.15) is 0 Å². The van der Waals surface area contributed by atoms with Crippen molar-refractivity contribution >= 4 is 45.5 Å². The van der Waals surface area contributed by atoms with Gasteiger partial charge in [0.25, 0.3) is 0 Å². The van der Waals surface area contributed by atoms with Crippen LogP contribution in [0.2, 0.25) is 10.0 Å². The number of methoxy groups -OCH3 is 1. The molecule has 0 aliphatic rings. The largest absolute Gasteiger partial charge is 0.493 e. The lowest BCUT2D eigenvalue weighted by Gasteiger charge is -2.15. The molecule has 2 aromatic heterocycles. The molecule has 0 aliphatic heterocycles. The lowest BCUT2D eigenvalue weighted by atomic mass is 10.1. The van der Waals surface area contributed by atoms with E-state index in [1.807, 2.05) is 0 Å². The van der Waals surface area contributed by atoms with Gasteiger partial charge >= 0.3 is 5.63 Å². The maximum Gasteiger partial charge on any atom is 0.338 e. The summed E-state index contributed by atoms with van der Waals surface area (Å²) in [6.07, 6.45) is 8.45. The van der Waals surface area contributed by atoms with Crippen LogP contribution >= 0.6 is 23.2 Å². The van der Waals surface area contributed by atoms with Crippen LogP contribution in [0.4, 0.5) is 11.4 Å². The molecule has 9 heteroatoms. The minimum absolute atomic E-state index is 0.302. The molecule has 2 heterocycles. The molecule has 0 saturated carbocycles. The van der Waals surface area contributed by atoms with Crippen molar-refractivity contribution in [1.29, 1.82) is 0 Å². The topological polar surface area (TPSA) is 76.8 Å². The number of unbranched alkanes of at least 4 members (excludes halogenated alkanes) is 4. The fourth-order valence-corrected chi connectivity index (χ4v) is 3.94. The summed E-state index contributed by atoms with van der Waals surface area (Å²) in [5.41, 5.74) is 0.708. The van der Waals surface area contributed by atoms with Crippen molar-refractivity contribution in [3.63, 3.8) is 0 Å². The Hall–Kier alpha value is -2.48. The lowest BCUT2D eigenvalue weighted by Crippen LogP contribution is -2.12. The zero-order chi connectivity index (χ0) is 23.8. The van der Waals surface area contributed by atoms with Gasteiger partial charge in [-0.3, -0.25) is 4.98 Å². The summed E-state index contributed by atoms with van der Waals surface area (Å²) in [7, 11) is 5.73. The number of ether oxygens (including phenoxy) is 2. The zero-order valence-corrected chi connectivity index (χ0v) is 20.6. The van der Waals surface area contributed by atoms with E-state index in [9.17, 15) is 4.79 Å². The molecule has 178 valence electrons. The van der Waals surface area contributed by atoms with Crippen molar-refractivity contribution in [2.24, 2.45) is 0 Å². The number of anilines is 2. The predicted molar refractivity (Wildman–Crippen MR) is 134 cm³/mol. The smallest absolute Gasteiger partial charge is 0.338 e. The zero-order valence-electron chi connectivity index (χ0n) is 19.1. The average Bonchev–Trinajstić information content (AvgIpc) is 2.77. The first-order chi connectivity index (χ1) is 15.9. The number of pyridine rings is 1.